The number of para-hydroxylation sites is 1. The van der Waals surface area contributed by atoms with Crippen LogP contribution in [0.1, 0.15) is 0 Å². The Bertz CT molecular complexity index is 1330. The molecule has 4 rings (SSSR count). The van der Waals surface area contributed by atoms with Gasteiger partial charge in [0.1, 0.15) is 17.3 Å². The Morgan fingerprint density at radius 3 is 2.55 bits per heavy atom. The molecule has 0 saturated carbocycles. The quantitative estimate of drug-likeness (QED) is 0.516. The van der Waals surface area contributed by atoms with Gasteiger partial charge >= 0.3 is 0 Å². The van der Waals surface area contributed by atoms with Gasteiger partial charge in [-0.3, -0.25) is 4.98 Å². The van der Waals surface area contributed by atoms with Gasteiger partial charge in [-0.25, -0.2) is 8.42 Å². The molecule has 0 aliphatic heterocycles. The van der Waals surface area contributed by atoms with Crippen molar-refractivity contribution < 1.29 is 13.2 Å². The van der Waals surface area contributed by atoms with E-state index in [1.54, 1.807) is 18.3 Å². The fourth-order valence-corrected chi connectivity index (χ4v) is 4.15. The van der Waals surface area contributed by atoms with Gasteiger partial charge in [-0.15, -0.1) is 0 Å². The summed E-state index contributed by atoms with van der Waals surface area (Å²) in [5.74, 6) is 6.39. The number of sulfonamides is 1. The molecule has 0 atom stereocenters. The maximum Gasteiger partial charge on any atom is 0.243 e. The number of nitrogens with one attached hydrogen (secondary N) is 1. The molecule has 1 N–H and O–H groups in total. The number of aromatic nitrogens is 1. The van der Waals surface area contributed by atoms with Crippen LogP contribution in [0.2, 0.25) is 0 Å². The average molecular weight is 402 g/mol. The van der Waals surface area contributed by atoms with Crippen LogP contribution >= 0.6 is 0 Å². The molecular formula is C23H18N2O3S. The Kier molecular flexibility index (Phi) is 5.43. The summed E-state index contributed by atoms with van der Waals surface area (Å²) in [6.45, 7) is 0.163. The molecule has 1 aromatic heterocycles. The molecule has 0 fully saturated rings. The standard InChI is InChI=1S/C23H18N2O3S/c26-29(27,22-14-6-10-19-11-7-15-24-23(19)22)25-16-3-4-17-28-21-13-5-9-18-8-1-2-12-20(18)21/h1-2,5-15,25H,16-17H2. The molecule has 1 heterocycles. The van der Waals surface area contributed by atoms with Gasteiger partial charge in [0.05, 0.1) is 12.1 Å². The lowest BCUT2D eigenvalue weighted by Gasteiger charge is -2.07. The number of nitrogens with zero attached hydrogens (tertiary/aromatic N) is 1. The fraction of sp³-hybridized carbons (Fsp3) is 0.0870. The Balaban J connectivity index is 1.40. The third-order valence-electron chi connectivity index (χ3n) is 4.41. The smallest absolute Gasteiger partial charge is 0.243 e. The molecule has 0 spiro atoms. The highest BCUT2D eigenvalue weighted by molar-refractivity contribution is 7.89. The van der Waals surface area contributed by atoms with Crippen LogP contribution in [0, 0.1) is 11.8 Å². The minimum atomic E-state index is -3.71. The molecule has 0 saturated heterocycles. The van der Waals surface area contributed by atoms with E-state index in [4.69, 9.17) is 4.74 Å². The van der Waals surface area contributed by atoms with Crippen LogP contribution in [0.3, 0.4) is 0 Å². The van der Waals surface area contributed by atoms with Crippen LogP contribution in [0.15, 0.2) is 83.9 Å². The van der Waals surface area contributed by atoms with Gasteiger partial charge in [-0.05, 0) is 23.6 Å². The first-order valence-corrected chi connectivity index (χ1v) is 10.5. The van der Waals surface area contributed by atoms with E-state index in [1.165, 1.54) is 6.07 Å². The highest BCUT2D eigenvalue weighted by Gasteiger charge is 2.16. The van der Waals surface area contributed by atoms with E-state index in [2.05, 4.69) is 21.5 Å². The topological polar surface area (TPSA) is 68.3 Å². The van der Waals surface area contributed by atoms with Crippen molar-refractivity contribution in [3.63, 3.8) is 0 Å². The van der Waals surface area contributed by atoms with Crippen LogP contribution in [0.25, 0.3) is 21.7 Å². The predicted molar refractivity (Wildman–Crippen MR) is 114 cm³/mol. The molecule has 0 aliphatic rings. The molecule has 3 aromatic carbocycles. The molecule has 0 unspecified atom stereocenters. The van der Waals surface area contributed by atoms with E-state index in [9.17, 15) is 8.42 Å². The van der Waals surface area contributed by atoms with Crippen LogP contribution in [-0.2, 0) is 10.0 Å². The van der Waals surface area contributed by atoms with Crippen LogP contribution in [-0.4, -0.2) is 26.6 Å². The van der Waals surface area contributed by atoms with Gasteiger partial charge in [0.25, 0.3) is 0 Å². The van der Waals surface area contributed by atoms with Crippen molar-refractivity contribution in [1.82, 2.24) is 9.71 Å². The Morgan fingerprint density at radius 1 is 0.862 bits per heavy atom. The zero-order chi connectivity index (χ0) is 20.1. The summed E-state index contributed by atoms with van der Waals surface area (Å²) >= 11 is 0. The normalized spacial score (nSPS) is 11.2. The fourth-order valence-electron chi connectivity index (χ4n) is 3.05. The first kappa shape index (κ1) is 18.9. The maximum absolute atomic E-state index is 12.6. The summed E-state index contributed by atoms with van der Waals surface area (Å²) in [4.78, 5) is 4.33. The molecule has 5 nitrogen and oxygen atoms in total. The second kappa shape index (κ2) is 8.31. The first-order valence-electron chi connectivity index (χ1n) is 9.05. The number of hydrogen-bond acceptors (Lipinski definition) is 4. The molecule has 0 aliphatic carbocycles. The van der Waals surface area contributed by atoms with Crippen molar-refractivity contribution in [1.29, 1.82) is 0 Å². The van der Waals surface area contributed by atoms with Gasteiger partial charge in [0.2, 0.25) is 10.0 Å². The minimum Gasteiger partial charge on any atom is -0.480 e. The van der Waals surface area contributed by atoms with Gasteiger partial charge in [-0.2, -0.15) is 4.72 Å². The highest BCUT2D eigenvalue weighted by atomic mass is 32.2. The Hall–Kier alpha value is -3.40. The van der Waals surface area contributed by atoms with E-state index in [1.807, 2.05) is 54.6 Å². The summed E-state index contributed by atoms with van der Waals surface area (Å²) in [5.41, 5.74) is 0.440. The third kappa shape index (κ3) is 4.21. The molecule has 4 aromatic rings. The van der Waals surface area contributed by atoms with E-state index < -0.39 is 10.0 Å². The van der Waals surface area contributed by atoms with Crippen molar-refractivity contribution in [2.75, 3.05) is 13.2 Å². The largest absolute Gasteiger partial charge is 0.480 e. The molecule has 0 radical (unpaired) electrons. The van der Waals surface area contributed by atoms with E-state index in [0.29, 0.717) is 5.52 Å². The number of rotatable bonds is 5. The molecule has 0 amide bonds. The number of benzene rings is 3. The maximum atomic E-state index is 12.6. The number of fused-ring (bicyclic) bond motifs is 2. The molecule has 144 valence electrons. The van der Waals surface area contributed by atoms with Gasteiger partial charge in [0, 0.05) is 17.0 Å². The second-order valence-corrected chi connectivity index (χ2v) is 8.01. The van der Waals surface area contributed by atoms with Crippen molar-refractivity contribution in [3.05, 3.63) is 79.0 Å². The zero-order valence-corrected chi connectivity index (χ0v) is 16.3. The summed E-state index contributed by atoms with van der Waals surface area (Å²) < 4.78 is 33.4. The predicted octanol–water partition coefficient (Wildman–Crippen LogP) is 3.75. The highest BCUT2D eigenvalue weighted by Crippen LogP contribution is 2.25. The van der Waals surface area contributed by atoms with Crippen LogP contribution in [0.4, 0.5) is 0 Å². The molecule has 0 bridgehead atoms. The molecule has 6 heteroatoms. The lowest BCUT2D eigenvalue weighted by molar-refractivity contribution is 0.374. The minimum absolute atomic E-state index is 0.00947. The van der Waals surface area contributed by atoms with Crippen molar-refractivity contribution in [2.45, 2.75) is 4.90 Å². The Morgan fingerprint density at radius 2 is 1.62 bits per heavy atom. The number of ether oxygens (including phenoxy) is 1. The van der Waals surface area contributed by atoms with Crippen molar-refractivity contribution in [3.8, 4) is 17.6 Å². The number of hydrogen-bond donors (Lipinski definition) is 1. The summed E-state index contributed by atoms with van der Waals surface area (Å²) in [5, 5.41) is 2.88. The van der Waals surface area contributed by atoms with E-state index in [0.717, 1.165) is 21.9 Å². The SMILES string of the molecule is O=S(=O)(NCC#CCOc1cccc2ccccc12)c1cccc2cccnc12. The van der Waals surface area contributed by atoms with Gasteiger partial charge in [0.15, 0.2) is 0 Å². The lowest BCUT2D eigenvalue weighted by atomic mass is 10.1. The van der Waals surface area contributed by atoms with Crippen LogP contribution in [0.5, 0.6) is 5.75 Å². The van der Waals surface area contributed by atoms with Crippen LogP contribution < -0.4 is 9.46 Å². The van der Waals surface area contributed by atoms with E-state index >= 15 is 0 Å². The molecule has 29 heavy (non-hydrogen) atoms. The van der Waals surface area contributed by atoms with Crippen molar-refractivity contribution >= 4 is 31.7 Å². The zero-order valence-electron chi connectivity index (χ0n) is 15.5. The summed E-state index contributed by atoms with van der Waals surface area (Å²) in [6.07, 6.45) is 1.58. The van der Waals surface area contributed by atoms with Gasteiger partial charge < -0.3 is 4.74 Å². The third-order valence-corrected chi connectivity index (χ3v) is 5.84. The second-order valence-electron chi connectivity index (χ2n) is 6.28. The average Bonchev–Trinajstić information content (AvgIpc) is 2.75. The lowest BCUT2D eigenvalue weighted by Crippen LogP contribution is -2.24. The van der Waals surface area contributed by atoms with E-state index in [-0.39, 0.29) is 18.0 Å². The first-order chi connectivity index (χ1) is 14.1. The Labute approximate surface area is 169 Å². The monoisotopic (exact) mass is 402 g/mol. The summed E-state index contributed by atoms with van der Waals surface area (Å²) in [7, 11) is -3.71. The summed E-state index contributed by atoms with van der Waals surface area (Å²) in [6, 6.07) is 22.4. The number of pyridine rings is 1. The van der Waals surface area contributed by atoms with Crippen molar-refractivity contribution in [2.24, 2.45) is 0 Å². The van der Waals surface area contributed by atoms with Gasteiger partial charge in [-0.1, -0.05) is 66.4 Å². The molecular weight excluding hydrogens is 384 g/mol.